The SMILES string of the molecule is O=C(CCNC(=O)Cc1ccccc1)NCCCN1CCN(Cc2ccccc2)CC1. The van der Waals surface area contributed by atoms with Crippen LogP contribution in [0.4, 0.5) is 0 Å². The summed E-state index contributed by atoms with van der Waals surface area (Å²) in [6.07, 6.45) is 1.62. The average Bonchev–Trinajstić information content (AvgIpc) is 2.79. The molecule has 31 heavy (non-hydrogen) atoms. The van der Waals surface area contributed by atoms with E-state index in [1.165, 1.54) is 5.56 Å². The van der Waals surface area contributed by atoms with Crippen LogP contribution in [0.1, 0.15) is 24.0 Å². The van der Waals surface area contributed by atoms with Gasteiger partial charge >= 0.3 is 0 Å². The van der Waals surface area contributed by atoms with E-state index < -0.39 is 0 Å². The quantitative estimate of drug-likeness (QED) is 0.544. The van der Waals surface area contributed by atoms with Crippen LogP contribution in [0.5, 0.6) is 0 Å². The normalized spacial score (nSPS) is 14.8. The molecule has 0 atom stereocenters. The molecule has 1 fully saturated rings. The van der Waals surface area contributed by atoms with Crippen LogP contribution in [0, 0.1) is 0 Å². The molecule has 0 unspecified atom stereocenters. The first-order valence-corrected chi connectivity index (χ1v) is 11.2. The van der Waals surface area contributed by atoms with Crippen LogP contribution in [-0.4, -0.2) is 67.4 Å². The van der Waals surface area contributed by atoms with Crippen LogP contribution in [0.2, 0.25) is 0 Å². The van der Waals surface area contributed by atoms with Crippen LogP contribution in [0.15, 0.2) is 60.7 Å². The molecular formula is C25H34N4O2. The second-order valence-corrected chi connectivity index (χ2v) is 8.07. The Hall–Kier alpha value is -2.70. The molecule has 166 valence electrons. The zero-order valence-electron chi connectivity index (χ0n) is 18.3. The maximum Gasteiger partial charge on any atom is 0.224 e. The zero-order chi connectivity index (χ0) is 21.7. The first-order chi connectivity index (χ1) is 15.2. The number of nitrogens with zero attached hydrogens (tertiary/aromatic N) is 2. The number of benzene rings is 2. The number of piperazine rings is 1. The van der Waals surface area contributed by atoms with Crippen LogP contribution in [0.3, 0.4) is 0 Å². The van der Waals surface area contributed by atoms with Gasteiger partial charge in [0.25, 0.3) is 0 Å². The maximum absolute atomic E-state index is 12.0. The summed E-state index contributed by atoms with van der Waals surface area (Å²) in [6, 6.07) is 20.2. The molecule has 2 aromatic carbocycles. The van der Waals surface area contributed by atoms with E-state index in [2.05, 4.69) is 50.8 Å². The Morgan fingerprint density at radius 2 is 1.29 bits per heavy atom. The standard InChI is InChI=1S/C25H34N4O2/c30-24(12-14-27-25(31)20-22-8-3-1-4-9-22)26-13-7-15-28-16-18-29(19-17-28)21-23-10-5-2-6-11-23/h1-6,8-11H,7,12-21H2,(H,26,30)(H,27,31). The van der Waals surface area contributed by atoms with E-state index in [0.717, 1.165) is 51.3 Å². The lowest BCUT2D eigenvalue weighted by atomic mass is 10.1. The predicted molar refractivity (Wildman–Crippen MR) is 124 cm³/mol. The number of rotatable bonds is 11. The molecule has 2 amide bonds. The summed E-state index contributed by atoms with van der Waals surface area (Å²) >= 11 is 0. The fraction of sp³-hybridized carbons (Fsp3) is 0.440. The summed E-state index contributed by atoms with van der Waals surface area (Å²) in [5.41, 5.74) is 2.35. The highest BCUT2D eigenvalue weighted by Crippen LogP contribution is 2.08. The van der Waals surface area contributed by atoms with Gasteiger partial charge in [0.1, 0.15) is 0 Å². The summed E-state index contributed by atoms with van der Waals surface area (Å²) in [5.74, 6) is -0.0573. The highest BCUT2D eigenvalue weighted by molar-refractivity contribution is 5.80. The molecule has 2 aromatic rings. The number of amides is 2. The van der Waals surface area contributed by atoms with Gasteiger partial charge in [-0.05, 0) is 24.1 Å². The number of carbonyl (C=O) groups is 2. The summed E-state index contributed by atoms with van der Waals surface area (Å²) in [6.45, 7) is 7.41. The molecule has 1 saturated heterocycles. The Morgan fingerprint density at radius 1 is 0.710 bits per heavy atom. The number of nitrogens with one attached hydrogen (secondary N) is 2. The average molecular weight is 423 g/mol. The Bertz CT molecular complexity index is 790. The zero-order valence-corrected chi connectivity index (χ0v) is 18.3. The fourth-order valence-electron chi connectivity index (χ4n) is 3.79. The second-order valence-electron chi connectivity index (χ2n) is 8.07. The van der Waals surface area contributed by atoms with Gasteiger partial charge in [-0.1, -0.05) is 60.7 Å². The topological polar surface area (TPSA) is 64.7 Å². The van der Waals surface area contributed by atoms with Crippen LogP contribution in [-0.2, 0) is 22.6 Å². The van der Waals surface area contributed by atoms with Gasteiger partial charge in [-0.3, -0.25) is 14.5 Å². The number of hydrogen-bond acceptors (Lipinski definition) is 4. The number of hydrogen-bond donors (Lipinski definition) is 2. The van der Waals surface area contributed by atoms with Gasteiger partial charge in [-0.15, -0.1) is 0 Å². The predicted octanol–water partition coefficient (Wildman–Crippen LogP) is 2.06. The van der Waals surface area contributed by atoms with Gasteiger partial charge < -0.3 is 15.5 Å². The molecule has 0 radical (unpaired) electrons. The highest BCUT2D eigenvalue weighted by Gasteiger charge is 2.16. The lowest BCUT2D eigenvalue weighted by molar-refractivity contribution is -0.122. The van der Waals surface area contributed by atoms with Crippen LogP contribution < -0.4 is 10.6 Å². The van der Waals surface area contributed by atoms with Crippen molar-refractivity contribution in [2.45, 2.75) is 25.8 Å². The molecule has 0 saturated carbocycles. The Morgan fingerprint density at radius 3 is 1.97 bits per heavy atom. The van der Waals surface area contributed by atoms with E-state index >= 15 is 0 Å². The molecule has 6 nitrogen and oxygen atoms in total. The van der Waals surface area contributed by atoms with Gasteiger partial charge in [-0.2, -0.15) is 0 Å². The second kappa shape index (κ2) is 12.9. The summed E-state index contributed by atoms with van der Waals surface area (Å²) in [7, 11) is 0. The molecule has 2 N–H and O–H groups in total. The molecule has 3 rings (SSSR count). The maximum atomic E-state index is 12.0. The Balaban J connectivity index is 1.19. The Labute approximate surface area is 185 Å². The van der Waals surface area contributed by atoms with Crippen molar-refractivity contribution < 1.29 is 9.59 Å². The highest BCUT2D eigenvalue weighted by atomic mass is 16.2. The largest absolute Gasteiger partial charge is 0.356 e. The third kappa shape index (κ3) is 8.90. The van der Waals surface area contributed by atoms with E-state index in [-0.39, 0.29) is 11.8 Å². The lowest BCUT2D eigenvalue weighted by Crippen LogP contribution is -2.46. The smallest absolute Gasteiger partial charge is 0.224 e. The molecule has 0 aliphatic carbocycles. The molecular weight excluding hydrogens is 388 g/mol. The first kappa shape index (κ1) is 23.0. The monoisotopic (exact) mass is 422 g/mol. The summed E-state index contributed by atoms with van der Waals surface area (Å²) < 4.78 is 0. The van der Waals surface area contributed by atoms with E-state index in [1.54, 1.807) is 0 Å². The third-order valence-electron chi connectivity index (χ3n) is 5.57. The van der Waals surface area contributed by atoms with Crippen molar-refractivity contribution >= 4 is 11.8 Å². The van der Waals surface area contributed by atoms with Crippen LogP contribution >= 0.6 is 0 Å². The minimum Gasteiger partial charge on any atom is -0.356 e. The Kier molecular flexibility index (Phi) is 9.54. The van der Waals surface area contributed by atoms with Crippen LogP contribution in [0.25, 0.3) is 0 Å². The molecule has 0 spiro atoms. The van der Waals surface area contributed by atoms with Crippen molar-refractivity contribution in [3.8, 4) is 0 Å². The summed E-state index contributed by atoms with van der Waals surface area (Å²) in [5, 5.41) is 5.77. The van der Waals surface area contributed by atoms with E-state index in [0.29, 0.717) is 25.9 Å². The summed E-state index contributed by atoms with van der Waals surface area (Å²) in [4.78, 5) is 28.8. The number of carbonyl (C=O) groups excluding carboxylic acids is 2. The minimum atomic E-state index is -0.0505. The van der Waals surface area contributed by atoms with Crippen molar-refractivity contribution in [3.63, 3.8) is 0 Å². The van der Waals surface area contributed by atoms with E-state index in [1.807, 2.05) is 30.3 Å². The lowest BCUT2D eigenvalue weighted by Gasteiger charge is -2.34. The molecule has 0 aromatic heterocycles. The van der Waals surface area contributed by atoms with Crippen molar-refractivity contribution in [2.75, 3.05) is 45.8 Å². The molecule has 1 heterocycles. The van der Waals surface area contributed by atoms with E-state index in [9.17, 15) is 9.59 Å². The van der Waals surface area contributed by atoms with E-state index in [4.69, 9.17) is 0 Å². The fourth-order valence-corrected chi connectivity index (χ4v) is 3.79. The van der Waals surface area contributed by atoms with Crippen molar-refractivity contribution in [3.05, 3.63) is 71.8 Å². The molecule has 0 bridgehead atoms. The van der Waals surface area contributed by atoms with Crippen molar-refractivity contribution in [1.29, 1.82) is 0 Å². The molecule has 1 aliphatic heterocycles. The van der Waals surface area contributed by atoms with Gasteiger partial charge in [0, 0.05) is 52.2 Å². The molecule has 6 heteroatoms. The minimum absolute atomic E-state index is 0.00677. The van der Waals surface area contributed by atoms with Gasteiger partial charge in [0.2, 0.25) is 11.8 Å². The van der Waals surface area contributed by atoms with Gasteiger partial charge in [0.15, 0.2) is 0 Å². The molecule has 1 aliphatic rings. The third-order valence-corrected chi connectivity index (χ3v) is 5.57. The van der Waals surface area contributed by atoms with Crippen molar-refractivity contribution in [1.82, 2.24) is 20.4 Å². The van der Waals surface area contributed by atoms with Crippen molar-refractivity contribution in [2.24, 2.45) is 0 Å². The first-order valence-electron chi connectivity index (χ1n) is 11.2. The van der Waals surface area contributed by atoms with Gasteiger partial charge in [0.05, 0.1) is 6.42 Å². The van der Waals surface area contributed by atoms with Gasteiger partial charge in [-0.25, -0.2) is 0 Å².